The van der Waals surface area contributed by atoms with Crippen LogP contribution in [0, 0.1) is 11.8 Å². The zero-order valence-electron chi connectivity index (χ0n) is 34.6. The molecule has 3 fully saturated rings. The Morgan fingerprint density at radius 2 is 1.43 bits per heavy atom. The topological polar surface area (TPSA) is 206 Å². The minimum atomic E-state index is -0.948. The molecule has 2 aromatic carbocycles. The molecule has 3 aliphatic heterocycles. The lowest BCUT2D eigenvalue weighted by atomic mass is 10.0. The number of hydrogen-bond donors (Lipinski definition) is 4. The molecule has 0 bridgehead atoms. The average Bonchev–Trinajstić information content (AvgIpc) is 4.11. The summed E-state index contributed by atoms with van der Waals surface area (Å²) < 4.78 is 21.7. The first-order valence-electron chi connectivity index (χ1n) is 20.4. The van der Waals surface area contributed by atoms with E-state index >= 15 is 0 Å². The first-order chi connectivity index (χ1) is 28.9. The van der Waals surface area contributed by atoms with Crippen LogP contribution in [-0.4, -0.2) is 117 Å². The number of likely N-dealkylation sites (tertiary alicyclic amines) is 2. The summed E-state index contributed by atoms with van der Waals surface area (Å²) in [5.74, 6) is -0.426. The molecule has 3 saturated heterocycles. The van der Waals surface area contributed by atoms with Crippen LogP contribution in [0.15, 0.2) is 54.7 Å². The van der Waals surface area contributed by atoms with Gasteiger partial charge in [-0.25, -0.2) is 24.5 Å². The summed E-state index contributed by atoms with van der Waals surface area (Å²) in [6.07, 6.45) is 2.39. The fourth-order valence-electron chi connectivity index (χ4n) is 8.55. The van der Waals surface area contributed by atoms with Crippen LogP contribution in [0.1, 0.15) is 70.7 Å². The van der Waals surface area contributed by atoms with Crippen LogP contribution in [0.5, 0.6) is 0 Å². The van der Waals surface area contributed by atoms with Crippen molar-refractivity contribution in [1.29, 1.82) is 0 Å². The Morgan fingerprint density at radius 3 is 2.10 bits per heavy atom. The van der Waals surface area contributed by atoms with E-state index in [1.807, 2.05) is 70.2 Å². The molecule has 6 heterocycles. The number of amides is 4. The molecule has 1 spiro atoms. The van der Waals surface area contributed by atoms with Crippen molar-refractivity contribution in [3.8, 4) is 22.5 Å². The Kier molecular flexibility index (Phi) is 11.2. The highest BCUT2D eigenvalue weighted by atomic mass is 16.7. The number of pyridine rings is 1. The molecule has 5 aromatic rings. The van der Waals surface area contributed by atoms with Crippen molar-refractivity contribution < 1.29 is 38.1 Å². The van der Waals surface area contributed by atoms with Crippen LogP contribution in [-0.2, 0) is 28.5 Å². The maximum Gasteiger partial charge on any atom is 0.407 e. The lowest BCUT2D eigenvalue weighted by Crippen LogP contribution is -2.52. The predicted octanol–water partition coefficient (Wildman–Crippen LogP) is 5.61. The van der Waals surface area contributed by atoms with Gasteiger partial charge in [-0.05, 0) is 66.1 Å². The molecule has 4 N–H and O–H groups in total. The van der Waals surface area contributed by atoms with Crippen molar-refractivity contribution in [2.45, 2.75) is 76.9 Å². The minimum absolute atomic E-state index is 0.126. The second-order valence-corrected chi connectivity index (χ2v) is 16.3. The number of nitrogens with one attached hydrogen (secondary N) is 4. The van der Waals surface area contributed by atoms with Crippen molar-refractivity contribution in [3.63, 3.8) is 0 Å². The van der Waals surface area contributed by atoms with Crippen LogP contribution in [0.4, 0.5) is 9.59 Å². The van der Waals surface area contributed by atoms with Gasteiger partial charge in [-0.2, -0.15) is 0 Å². The third-order valence-electron chi connectivity index (χ3n) is 11.7. The number of carbonyl (C=O) groups is 4. The number of nitrogens with zero attached hydrogens (tertiary/aromatic N) is 5. The van der Waals surface area contributed by atoms with Gasteiger partial charge in [0.15, 0.2) is 5.79 Å². The molecule has 3 aliphatic rings. The van der Waals surface area contributed by atoms with Crippen molar-refractivity contribution in [2.75, 3.05) is 40.5 Å². The molecule has 0 aliphatic carbocycles. The number of aromatic nitrogens is 5. The van der Waals surface area contributed by atoms with Crippen LogP contribution < -0.4 is 10.6 Å². The van der Waals surface area contributed by atoms with E-state index in [0.29, 0.717) is 37.8 Å². The fourth-order valence-corrected chi connectivity index (χ4v) is 8.55. The molecular weight excluding hydrogens is 771 g/mol. The highest BCUT2D eigenvalue weighted by Gasteiger charge is 2.53. The molecule has 3 aromatic heterocycles. The quantitative estimate of drug-likeness (QED) is 0.136. The van der Waals surface area contributed by atoms with Gasteiger partial charge in [0.1, 0.15) is 23.7 Å². The van der Waals surface area contributed by atoms with Gasteiger partial charge in [-0.1, -0.05) is 45.9 Å². The van der Waals surface area contributed by atoms with E-state index in [0.717, 1.165) is 57.3 Å². The normalized spacial score (nSPS) is 19.7. The summed E-state index contributed by atoms with van der Waals surface area (Å²) in [6.45, 7) is 9.16. The Hall–Kier alpha value is -6.07. The van der Waals surface area contributed by atoms with E-state index in [1.54, 1.807) is 16.0 Å². The summed E-state index contributed by atoms with van der Waals surface area (Å²) in [5, 5.41) is 6.34. The van der Waals surface area contributed by atoms with Gasteiger partial charge in [0, 0.05) is 18.4 Å². The Bertz CT molecular complexity index is 2420. The molecule has 2 unspecified atom stereocenters. The number of imidazole rings is 2. The number of fused-ring (bicyclic) bond motifs is 2. The van der Waals surface area contributed by atoms with E-state index in [4.69, 9.17) is 28.9 Å². The van der Waals surface area contributed by atoms with E-state index in [9.17, 15) is 19.2 Å². The Balaban J connectivity index is 1.01. The minimum Gasteiger partial charge on any atom is -0.453 e. The number of ether oxygens (including phenoxy) is 4. The van der Waals surface area contributed by atoms with Crippen LogP contribution in [0.25, 0.3) is 44.5 Å². The molecule has 316 valence electrons. The standard InChI is InChI=1S/C43H51N9O8/c1-23(2)35(49-41(55)57-5)39(53)51-15-7-8-33(51)37-44-21-32(48-37)30-14-11-27-18-25(9-12-28(27)45-30)26-10-13-29-31(19-26)47-38(46-29)34-20-43(59-16-17-60-43)22-52(34)40(54)36(24(3)4)50-42(56)58-6/h9-14,18-19,21,23-24,33-36H,7-8,15-17,20,22H2,1-6H3,(H,44,48)(H,46,47)(H,49,55)(H,50,56)/t33?,34?,35-,36-/m0/s1. The summed E-state index contributed by atoms with van der Waals surface area (Å²) >= 11 is 0. The SMILES string of the molecule is COC(=O)N[C@H](C(=O)N1CCCC1c1ncc(-c2ccc3cc(-c4ccc5nc(C6CC7(CN6C(=O)[C@@H](NC(=O)OC)C(C)C)OCCO7)[nH]c5c4)ccc3n2)[nH]1)C(C)C. The molecular formula is C43H51N9O8. The maximum absolute atomic E-state index is 14.1. The summed E-state index contributed by atoms with van der Waals surface area (Å²) in [4.78, 5) is 76.8. The van der Waals surface area contributed by atoms with Gasteiger partial charge in [-0.15, -0.1) is 0 Å². The highest BCUT2D eigenvalue weighted by molar-refractivity contribution is 5.90. The number of alkyl carbamates (subject to hydrolysis) is 2. The largest absolute Gasteiger partial charge is 0.453 e. The van der Waals surface area contributed by atoms with E-state index in [2.05, 4.69) is 31.7 Å². The molecule has 0 saturated carbocycles. The van der Waals surface area contributed by atoms with Gasteiger partial charge in [0.2, 0.25) is 11.8 Å². The first-order valence-corrected chi connectivity index (χ1v) is 20.4. The third kappa shape index (κ3) is 7.86. The first kappa shape index (κ1) is 40.7. The molecule has 60 heavy (non-hydrogen) atoms. The van der Waals surface area contributed by atoms with E-state index in [-0.39, 0.29) is 36.2 Å². The molecule has 17 nitrogen and oxygen atoms in total. The molecule has 0 radical (unpaired) electrons. The van der Waals surface area contributed by atoms with Crippen LogP contribution in [0.3, 0.4) is 0 Å². The number of methoxy groups -OCH3 is 2. The summed E-state index contributed by atoms with van der Waals surface area (Å²) in [7, 11) is 2.55. The molecule has 8 rings (SSSR count). The van der Waals surface area contributed by atoms with Crippen LogP contribution >= 0.6 is 0 Å². The van der Waals surface area contributed by atoms with Crippen molar-refractivity contribution in [3.05, 3.63) is 66.4 Å². The van der Waals surface area contributed by atoms with Crippen molar-refractivity contribution in [1.82, 2.24) is 45.4 Å². The number of rotatable bonds is 10. The fraction of sp³-hybridized carbons (Fsp3) is 0.465. The van der Waals surface area contributed by atoms with Crippen LogP contribution in [0.2, 0.25) is 0 Å². The maximum atomic E-state index is 14.1. The number of carbonyl (C=O) groups excluding carboxylic acids is 4. The van der Waals surface area contributed by atoms with Crippen molar-refractivity contribution in [2.24, 2.45) is 11.8 Å². The second-order valence-electron chi connectivity index (χ2n) is 16.3. The summed E-state index contributed by atoms with van der Waals surface area (Å²) in [5.41, 5.74) is 5.78. The average molecular weight is 822 g/mol. The Morgan fingerprint density at radius 1 is 0.783 bits per heavy atom. The number of benzene rings is 2. The van der Waals surface area contributed by atoms with Gasteiger partial charge < -0.3 is 49.3 Å². The van der Waals surface area contributed by atoms with Gasteiger partial charge in [0.25, 0.3) is 0 Å². The summed E-state index contributed by atoms with van der Waals surface area (Å²) in [6, 6.07) is 13.8. The molecule has 17 heteroatoms. The lowest BCUT2D eigenvalue weighted by molar-refractivity contribution is -0.153. The lowest BCUT2D eigenvalue weighted by Gasteiger charge is -2.30. The predicted molar refractivity (Wildman–Crippen MR) is 220 cm³/mol. The number of aromatic amines is 2. The monoisotopic (exact) mass is 821 g/mol. The zero-order valence-corrected chi connectivity index (χ0v) is 34.6. The number of H-pyrrole nitrogens is 2. The van der Waals surface area contributed by atoms with Gasteiger partial charge >= 0.3 is 12.2 Å². The third-order valence-corrected chi connectivity index (χ3v) is 11.7. The number of hydrogen-bond acceptors (Lipinski definition) is 11. The molecule has 4 amide bonds. The van der Waals surface area contributed by atoms with E-state index < -0.39 is 36.1 Å². The van der Waals surface area contributed by atoms with Gasteiger partial charge in [-0.3, -0.25) is 9.59 Å². The van der Waals surface area contributed by atoms with Crippen molar-refractivity contribution >= 4 is 45.9 Å². The van der Waals surface area contributed by atoms with E-state index in [1.165, 1.54) is 14.2 Å². The smallest absolute Gasteiger partial charge is 0.407 e. The zero-order chi connectivity index (χ0) is 42.3. The highest BCUT2D eigenvalue weighted by Crippen LogP contribution is 2.43. The second kappa shape index (κ2) is 16.5. The Labute approximate surface area is 346 Å². The van der Waals surface area contributed by atoms with Gasteiger partial charge in [0.05, 0.1) is 80.2 Å². The molecule has 4 atom stereocenters.